The van der Waals surface area contributed by atoms with Crippen LogP contribution in [0.1, 0.15) is 20.3 Å². The molecule has 2 rings (SSSR count). The summed E-state index contributed by atoms with van der Waals surface area (Å²) in [6.45, 7) is 6.31. The van der Waals surface area contributed by atoms with Crippen molar-refractivity contribution < 1.29 is 9.72 Å². The van der Waals surface area contributed by atoms with Gasteiger partial charge in [-0.2, -0.15) is 0 Å². The van der Waals surface area contributed by atoms with Crippen LogP contribution < -0.4 is 5.32 Å². The molecule has 1 N–H and O–H groups in total. The zero-order valence-corrected chi connectivity index (χ0v) is 13.5. The van der Waals surface area contributed by atoms with Crippen molar-refractivity contribution in [2.45, 2.75) is 20.3 Å². The smallest absolute Gasteiger partial charge is 0.292 e. The van der Waals surface area contributed by atoms with Crippen molar-refractivity contribution in [3.05, 3.63) is 33.3 Å². The molecule has 7 heteroatoms. The monoisotopic (exact) mass is 325 g/mol. The van der Waals surface area contributed by atoms with Gasteiger partial charge in [0.2, 0.25) is 5.91 Å². The molecule has 1 heterocycles. The molecule has 2 atom stereocenters. The molecule has 1 aliphatic heterocycles. The summed E-state index contributed by atoms with van der Waals surface area (Å²) in [5.41, 5.74) is -0.0151. The number of rotatable bonds is 4. The number of anilines is 1. The normalized spacial score (nSPS) is 22.3. The molecule has 1 saturated heterocycles. The molecule has 1 aromatic carbocycles. The molecule has 0 bridgehead atoms. The van der Waals surface area contributed by atoms with Crippen LogP contribution in [-0.4, -0.2) is 35.4 Å². The van der Waals surface area contributed by atoms with Crippen LogP contribution in [0.15, 0.2) is 18.2 Å². The van der Waals surface area contributed by atoms with Crippen molar-refractivity contribution >= 4 is 28.9 Å². The number of nitrogens with one attached hydrogen (secondary N) is 1. The van der Waals surface area contributed by atoms with Crippen LogP contribution in [0.25, 0.3) is 0 Å². The van der Waals surface area contributed by atoms with Gasteiger partial charge in [-0.15, -0.1) is 0 Å². The molecule has 0 saturated carbocycles. The van der Waals surface area contributed by atoms with Gasteiger partial charge in [0.1, 0.15) is 5.69 Å². The van der Waals surface area contributed by atoms with Crippen LogP contribution in [0.4, 0.5) is 11.4 Å². The van der Waals surface area contributed by atoms with E-state index in [0.29, 0.717) is 16.9 Å². The SMILES string of the molecule is C[C@@H]1C[C@@H](C)CN(CC(=O)Nc2cc(Cl)ccc2[N+](=O)[O-])C1. The van der Waals surface area contributed by atoms with Crippen LogP contribution in [-0.2, 0) is 4.79 Å². The van der Waals surface area contributed by atoms with E-state index in [1.54, 1.807) is 0 Å². The molecule has 1 aliphatic rings. The van der Waals surface area contributed by atoms with Crippen molar-refractivity contribution in [2.75, 3.05) is 25.0 Å². The maximum atomic E-state index is 12.2. The highest BCUT2D eigenvalue weighted by atomic mass is 35.5. The van der Waals surface area contributed by atoms with E-state index in [1.165, 1.54) is 18.2 Å². The number of nitro benzene ring substituents is 1. The lowest BCUT2D eigenvalue weighted by molar-refractivity contribution is -0.383. The van der Waals surface area contributed by atoms with E-state index in [4.69, 9.17) is 11.6 Å². The van der Waals surface area contributed by atoms with Gasteiger partial charge in [0, 0.05) is 24.2 Å². The lowest BCUT2D eigenvalue weighted by Crippen LogP contribution is -2.42. The summed E-state index contributed by atoms with van der Waals surface area (Å²) in [5, 5.41) is 13.9. The average molecular weight is 326 g/mol. The van der Waals surface area contributed by atoms with Crippen molar-refractivity contribution in [2.24, 2.45) is 11.8 Å². The standard InChI is InChI=1S/C15H20ClN3O3/c1-10-5-11(2)8-18(7-10)9-15(20)17-13-6-12(16)3-4-14(13)19(21)22/h3-4,6,10-11H,5,7-9H2,1-2H3,(H,17,20)/t10-,11-/m1/s1. The second kappa shape index (κ2) is 7.07. The molecule has 0 aliphatic carbocycles. The molecule has 120 valence electrons. The number of carbonyl (C=O) groups excluding carboxylic acids is 1. The Bertz CT molecular complexity index is 569. The maximum Gasteiger partial charge on any atom is 0.292 e. The van der Waals surface area contributed by atoms with Crippen LogP contribution in [0.5, 0.6) is 0 Å². The summed E-state index contributed by atoms with van der Waals surface area (Å²) in [6.07, 6.45) is 1.16. The average Bonchev–Trinajstić information content (AvgIpc) is 2.36. The Morgan fingerprint density at radius 2 is 2.05 bits per heavy atom. The third-order valence-electron chi connectivity index (χ3n) is 3.74. The fourth-order valence-corrected chi connectivity index (χ4v) is 3.25. The first-order valence-corrected chi connectivity index (χ1v) is 7.69. The third-order valence-corrected chi connectivity index (χ3v) is 3.98. The van der Waals surface area contributed by atoms with Crippen molar-refractivity contribution in [3.8, 4) is 0 Å². The Kier molecular flexibility index (Phi) is 5.37. The summed E-state index contributed by atoms with van der Waals surface area (Å²) < 4.78 is 0. The first-order valence-electron chi connectivity index (χ1n) is 7.31. The van der Waals surface area contributed by atoms with Crippen molar-refractivity contribution in [1.82, 2.24) is 4.90 Å². The van der Waals surface area contributed by atoms with Gasteiger partial charge in [0.15, 0.2) is 0 Å². The molecule has 0 spiro atoms. The quantitative estimate of drug-likeness (QED) is 0.681. The first kappa shape index (κ1) is 16.7. The molecule has 0 unspecified atom stereocenters. The first-order chi connectivity index (χ1) is 10.3. The molecule has 1 amide bonds. The van der Waals surface area contributed by atoms with Crippen molar-refractivity contribution in [1.29, 1.82) is 0 Å². The van der Waals surface area contributed by atoms with Crippen molar-refractivity contribution in [3.63, 3.8) is 0 Å². The largest absolute Gasteiger partial charge is 0.319 e. The number of hydrogen-bond acceptors (Lipinski definition) is 4. The lowest BCUT2D eigenvalue weighted by Gasteiger charge is -2.34. The van der Waals surface area contributed by atoms with E-state index < -0.39 is 4.92 Å². The molecule has 1 aromatic rings. The highest BCUT2D eigenvalue weighted by Gasteiger charge is 2.24. The number of benzene rings is 1. The van der Waals surface area contributed by atoms with Crippen LogP contribution in [0.3, 0.4) is 0 Å². The van der Waals surface area contributed by atoms with E-state index >= 15 is 0 Å². The minimum atomic E-state index is -0.531. The maximum absolute atomic E-state index is 12.2. The van der Waals surface area contributed by atoms with Crippen LogP contribution >= 0.6 is 11.6 Å². The number of halogens is 1. The van der Waals surface area contributed by atoms with Gasteiger partial charge in [0.25, 0.3) is 5.69 Å². The third kappa shape index (κ3) is 4.42. The summed E-state index contributed by atoms with van der Waals surface area (Å²) in [7, 11) is 0. The number of amides is 1. The second-order valence-electron chi connectivity index (χ2n) is 6.11. The minimum Gasteiger partial charge on any atom is -0.319 e. The van der Waals surface area contributed by atoms with Crippen LogP contribution in [0.2, 0.25) is 5.02 Å². The number of nitrogens with zero attached hydrogens (tertiary/aromatic N) is 2. The van der Waals surface area contributed by atoms with E-state index in [2.05, 4.69) is 24.1 Å². The van der Waals surface area contributed by atoms with Gasteiger partial charge in [-0.25, -0.2) is 0 Å². The number of carbonyl (C=O) groups is 1. The molecule has 0 aromatic heterocycles. The second-order valence-corrected chi connectivity index (χ2v) is 6.54. The Balaban J connectivity index is 2.03. The Hall–Kier alpha value is -1.66. The predicted octanol–water partition coefficient (Wildman–Crippen LogP) is 3.16. The Morgan fingerprint density at radius 3 is 2.64 bits per heavy atom. The fraction of sp³-hybridized carbons (Fsp3) is 0.533. The van der Waals surface area contributed by atoms with E-state index in [-0.39, 0.29) is 23.8 Å². The highest BCUT2D eigenvalue weighted by Crippen LogP contribution is 2.28. The van der Waals surface area contributed by atoms with Gasteiger partial charge < -0.3 is 5.32 Å². The number of nitro groups is 1. The summed E-state index contributed by atoms with van der Waals surface area (Å²) in [6, 6.07) is 4.13. The molecule has 22 heavy (non-hydrogen) atoms. The highest BCUT2D eigenvalue weighted by molar-refractivity contribution is 6.31. The number of likely N-dealkylation sites (tertiary alicyclic amines) is 1. The zero-order chi connectivity index (χ0) is 16.3. The summed E-state index contributed by atoms with van der Waals surface area (Å²) >= 11 is 5.85. The van der Waals surface area contributed by atoms with E-state index in [9.17, 15) is 14.9 Å². The van der Waals surface area contributed by atoms with E-state index in [1.807, 2.05) is 0 Å². The summed E-state index contributed by atoms with van der Waals surface area (Å²) in [5.74, 6) is 0.848. The Morgan fingerprint density at radius 1 is 1.41 bits per heavy atom. The van der Waals surface area contributed by atoms with Gasteiger partial charge in [-0.3, -0.25) is 19.8 Å². The van der Waals surface area contributed by atoms with Gasteiger partial charge >= 0.3 is 0 Å². The zero-order valence-electron chi connectivity index (χ0n) is 12.7. The molecular formula is C15H20ClN3O3. The number of hydrogen-bond donors (Lipinski definition) is 1. The molecule has 6 nitrogen and oxygen atoms in total. The molecule has 0 radical (unpaired) electrons. The summed E-state index contributed by atoms with van der Waals surface area (Å²) in [4.78, 5) is 24.7. The van der Waals surface area contributed by atoms with Gasteiger partial charge in [-0.05, 0) is 30.4 Å². The van der Waals surface area contributed by atoms with E-state index in [0.717, 1.165) is 19.5 Å². The lowest BCUT2D eigenvalue weighted by atomic mass is 9.92. The predicted molar refractivity (Wildman–Crippen MR) is 86.1 cm³/mol. The van der Waals surface area contributed by atoms with Gasteiger partial charge in [0.05, 0.1) is 11.5 Å². The fourth-order valence-electron chi connectivity index (χ4n) is 3.08. The van der Waals surface area contributed by atoms with Crippen LogP contribution in [0, 0.1) is 22.0 Å². The minimum absolute atomic E-state index is 0.139. The topological polar surface area (TPSA) is 75.5 Å². The number of piperidine rings is 1. The molecule has 1 fully saturated rings. The molecular weight excluding hydrogens is 306 g/mol. The Labute approximate surface area is 134 Å². The van der Waals surface area contributed by atoms with Gasteiger partial charge in [-0.1, -0.05) is 25.4 Å².